The minimum absolute atomic E-state index is 0.0132. The Hall–Kier alpha value is -1.07. The molecule has 1 saturated heterocycles. The normalized spacial score (nSPS) is 23.5. The van der Waals surface area contributed by atoms with E-state index < -0.39 is 17.9 Å². The van der Waals surface area contributed by atoms with Crippen LogP contribution in [0.2, 0.25) is 5.02 Å². The van der Waals surface area contributed by atoms with Crippen LogP contribution in [-0.4, -0.2) is 28.9 Å². The molecule has 0 spiro atoms. The molecule has 1 aromatic rings. The maximum Gasteiger partial charge on any atom is 0.309 e. The van der Waals surface area contributed by atoms with E-state index in [1.54, 1.807) is 25.2 Å². The fourth-order valence-electron chi connectivity index (χ4n) is 2.26. The highest BCUT2D eigenvalue weighted by atomic mass is 79.9. The number of carboxylic acid groups (broad SMARTS) is 1. The van der Waals surface area contributed by atoms with Gasteiger partial charge in [-0.15, -0.1) is 0 Å². The molecule has 0 bridgehead atoms. The summed E-state index contributed by atoms with van der Waals surface area (Å²) in [5, 5.41) is 9.68. The maximum absolute atomic E-state index is 11.7. The fourth-order valence-corrected chi connectivity index (χ4v) is 2.87. The molecule has 96 valence electrons. The molecule has 2 rings (SSSR count). The van der Waals surface area contributed by atoms with Crippen molar-refractivity contribution in [3.63, 3.8) is 0 Å². The number of halogens is 2. The van der Waals surface area contributed by atoms with E-state index in [1.807, 2.05) is 0 Å². The van der Waals surface area contributed by atoms with E-state index >= 15 is 0 Å². The number of carbonyl (C=O) groups is 2. The van der Waals surface area contributed by atoms with E-state index in [4.69, 9.17) is 11.6 Å². The molecule has 4 nitrogen and oxygen atoms in total. The molecule has 1 N–H and O–H groups in total. The lowest BCUT2D eigenvalue weighted by Crippen LogP contribution is -2.27. The Balaban J connectivity index is 2.49. The van der Waals surface area contributed by atoms with Crippen LogP contribution in [-0.2, 0) is 9.59 Å². The number of carboxylic acids is 1. The van der Waals surface area contributed by atoms with Gasteiger partial charge < -0.3 is 10.0 Å². The lowest BCUT2D eigenvalue weighted by molar-refractivity contribution is -0.142. The lowest BCUT2D eigenvalue weighted by Gasteiger charge is -2.24. The number of hydrogen-bond acceptors (Lipinski definition) is 2. The first-order valence-corrected chi connectivity index (χ1v) is 6.52. The number of likely N-dealkylation sites (tertiary alicyclic amines) is 1. The van der Waals surface area contributed by atoms with Crippen LogP contribution in [0.4, 0.5) is 0 Å². The van der Waals surface area contributed by atoms with Crippen molar-refractivity contribution in [1.29, 1.82) is 0 Å². The lowest BCUT2D eigenvalue weighted by atomic mass is 9.94. The van der Waals surface area contributed by atoms with Crippen molar-refractivity contribution in [2.24, 2.45) is 5.92 Å². The number of aliphatic carboxylic acids is 1. The Morgan fingerprint density at radius 1 is 1.56 bits per heavy atom. The third kappa shape index (κ3) is 2.24. The molecule has 18 heavy (non-hydrogen) atoms. The number of amides is 1. The van der Waals surface area contributed by atoms with Gasteiger partial charge in [0.2, 0.25) is 5.91 Å². The molecule has 0 aromatic heterocycles. The summed E-state index contributed by atoms with van der Waals surface area (Å²) in [6, 6.07) is 4.72. The van der Waals surface area contributed by atoms with Crippen LogP contribution in [0.15, 0.2) is 22.7 Å². The van der Waals surface area contributed by atoms with Crippen LogP contribution in [0, 0.1) is 5.92 Å². The van der Waals surface area contributed by atoms with Crippen molar-refractivity contribution in [3.8, 4) is 0 Å². The highest BCUT2D eigenvalue weighted by molar-refractivity contribution is 9.10. The molecule has 1 heterocycles. The maximum atomic E-state index is 11.7. The molecular formula is C12H11BrClNO3. The van der Waals surface area contributed by atoms with Crippen molar-refractivity contribution in [3.05, 3.63) is 33.3 Å². The zero-order valence-electron chi connectivity index (χ0n) is 9.56. The fraction of sp³-hybridized carbons (Fsp3) is 0.333. The van der Waals surface area contributed by atoms with Gasteiger partial charge in [-0.3, -0.25) is 9.59 Å². The number of nitrogens with zero attached hydrogens (tertiary/aromatic N) is 1. The van der Waals surface area contributed by atoms with E-state index in [0.29, 0.717) is 10.6 Å². The van der Waals surface area contributed by atoms with E-state index in [2.05, 4.69) is 15.9 Å². The molecule has 1 fully saturated rings. The minimum Gasteiger partial charge on any atom is -0.481 e. The summed E-state index contributed by atoms with van der Waals surface area (Å²) >= 11 is 9.43. The van der Waals surface area contributed by atoms with Gasteiger partial charge in [0.15, 0.2) is 0 Å². The average molecular weight is 333 g/mol. The minimum atomic E-state index is -0.978. The van der Waals surface area contributed by atoms with Crippen LogP contribution >= 0.6 is 27.5 Å². The average Bonchev–Trinajstić information content (AvgIpc) is 2.60. The van der Waals surface area contributed by atoms with Gasteiger partial charge in [-0.25, -0.2) is 0 Å². The Morgan fingerprint density at radius 3 is 2.83 bits per heavy atom. The predicted octanol–water partition coefficient (Wildman–Crippen LogP) is 2.71. The summed E-state index contributed by atoms with van der Waals surface area (Å²) in [7, 11) is 1.60. The first-order valence-electron chi connectivity index (χ1n) is 5.35. The van der Waals surface area contributed by atoms with Crippen molar-refractivity contribution >= 4 is 39.4 Å². The van der Waals surface area contributed by atoms with Crippen LogP contribution < -0.4 is 0 Å². The second-order valence-corrected chi connectivity index (χ2v) is 5.59. The zero-order valence-corrected chi connectivity index (χ0v) is 11.9. The van der Waals surface area contributed by atoms with Gasteiger partial charge in [0.1, 0.15) is 0 Å². The van der Waals surface area contributed by atoms with Gasteiger partial charge in [0, 0.05) is 23.0 Å². The molecule has 0 aliphatic carbocycles. The second kappa shape index (κ2) is 4.90. The van der Waals surface area contributed by atoms with Gasteiger partial charge in [0.05, 0.1) is 12.0 Å². The molecular weight excluding hydrogens is 321 g/mol. The first kappa shape index (κ1) is 13.4. The van der Waals surface area contributed by atoms with Crippen molar-refractivity contribution in [2.75, 3.05) is 7.05 Å². The van der Waals surface area contributed by atoms with Crippen LogP contribution in [0.5, 0.6) is 0 Å². The third-order valence-corrected chi connectivity index (χ3v) is 4.02. The van der Waals surface area contributed by atoms with Crippen LogP contribution in [0.25, 0.3) is 0 Å². The van der Waals surface area contributed by atoms with E-state index in [1.165, 1.54) is 4.90 Å². The first-order chi connectivity index (χ1) is 8.41. The highest BCUT2D eigenvalue weighted by Crippen LogP contribution is 2.40. The smallest absolute Gasteiger partial charge is 0.309 e. The molecule has 0 saturated carbocycles. The van der Waals surface area contributed by atoms with E-state index in [9.17, 15) is 14.7 Å². The van der Waals surface area contributed by atoms with Crippen molar-refractivity contribution in [1.82, 2.24) is 4.90 Å². The SMILES string of the molecule is CN1C(=O)CC(C(=O)O)C1c1cc(Br)ccc1Cl. The van der Waals surface area contributed by atoms with Gasteiger partial charge >= 0.3 is 5.97 Å². The molecule has 0 radical (unpaired) electrons. The molecule has 1 aliphatic rings. The predicted molar refractivity (Wildman–Crippen MR) is 70.4 cm³/mol. The Bertz CT molecular complexity index is 520. The summed E-state index contributed by atoms with van der Waals surface area (Å²) in [4.78, 5) is 24.4. The molecule has 1 aliphatic heterocycles. The molecule has 1 aromatic carbocycles. The third-order valence-electron chi connectivity index (χ3n) is 3.18. The second-order valence-electron chi connectivity index (χ2n) is 4.26. The van der Waals surface area contributed by atoms with Gasteiger partial charge in [-0.05, 0) is 23.8 Å². The Morgan fingerprint density at radius 2 is 2.22 bits per heavy atom. The zero-order chi connectivity index (χ0) is 13.4. The molecule has 2 unspecified atom stereocenters. The summed E-state index contributed by atoms with van der Waals surface area (Å²) < 4.78 is 0.804. The summed E-state index contributed by atoms with van der Waals surface area (Å²) in [6.45, 7) is 0. The Kier molecular flexibility index (Phi) is 3.64. The van der Waals surface area contributed by atoms with Crippen LogP contribution in [0.3, 0.4) is 0 Å². The van der Waals surface area contributed by atoms with Crippen LogP contribution in [0.1, 0.15) is 18.0 Å². The van der Waals surface area contributed by atoms with Gasteiger partial charge in [0.25, 0.3) is 0 Å². The largest absolute Gasteiger partial charge is 0.481 e. The quantitative estimate of drug-likeness (QED) is 0.906. The van der Waals surface area contributed by atoms with Gasteiger partial charge in [-0.1, -0.05) is 27.5 Å². The van der Waals surface area contributed by atoms with Crippen molar-refractivity contribution < 1.29 is 14.7 Å². The summed E-state index contributed by atoms with van der Waals surface area (Å²) in [5.74, 6) is -1.91. The Labute approximate surface area is 118 Å². The summed E-state index contributed by atoms with van der Waals surface area (Å²) in [5.41, 5.74) is 0.659. The molecule has 2 atom stereocenters. The number of hydrogen-bond donors (Lipinski definition) is 1. The van der Waals surface area contributed by atoms with Gasteiger partial charge in [-0.2, -0.15) is 0 Å². The highest BCUT2D eigenvalue weighted by Gasteiger charge is 2.43. The van der Waals surface area contributed by atoms with E-state index in [-0.39, 0.29) is 12.3 Å². The van der Waals surface area contributed by atoms with Crippen molar-refractivity contribution in [2.45, 2.75) is 12.5 Å². The van der Waals surface area contributed by atoms with E-state index in [0.717, 1.165) is 4.47 Å². The monoisotopic (exact) mass is 331 g/mol. The standard InChI is InChI=1S/C12H11BrClNO3/c1-15-10(16)5-8(12(17)18)11(15)7-4-6(13)2-3-9(7)14/h2-4,8,11H,5H2,1H3,(H,17,18). The molecule has 6 heteroatoms. The summed E-state index contributed by atoms with van der Waals surface area (Å²) in [6.07, 6.45) is 0.0132. The topological polar surface area (TPSA) is 57.6 Å². The number of carbonyl (C=O) groups excluding carboxylic acids is 1. The number of rotatable bonds is 2. The molecule has 1 amide bonds. The number of benzene rings is 1.